The molecule has 0 unspecified atom stereocenters. The Morgan fingerprint density at radius 2 is 1.60 bits per heavy atom. The SMILES string of the molecule is CCCS(=O)(=O)c1ccccc1NCc1ccccc1. The molecule has 20 heavy (non-hydrogen) atoms. The van der Waals surface area contributed by atoms with Crippen molar-refractivity contribution in [3.8, 4) is 0 Å². The summed E-state index contributed by atoms with van der Waals surface area (Å²) in [6, 6.07) is 17.0. The quantitative estimate of drug-likeness (QED) is 0.885. The van der Waals surface area contributed by atoms with Gasteiger partial charge in [0.25, 0.3) is 0 Å². The lowest BCUT2D eigenvalue weighted by Crippen LogP contribution is -2.10. The lowest BCUT2D eigenvalue weighted by atomic mass is 10.2. The molecule has 0 atom stereocenters. The third-order valence-electron chi connectivity index (χ3n) is 3.02. The highest BCUT2D eigenvalue weighted by atomic mass is 32.2. The highest BCUT2D eigenvalue weighted by molar-refractivity contribution is 7.91. The van der Waals surface area contributed by atoms with Crippen LogP contribution in [0.15, 0.2) is 59.5 Å². The van der Waals surface area contributed by atoms with E-state index in [2.05, 4.69) is 5.32 Å². The van der Waals surface area contributed by atoms with Crippen LogP contribution >= 0.6 is 0 Å². The molecule has 0 aliphatic rings. The maximum Gasteiger partial charge on any atom is 0.180 e. The number of benzene rings is 2. The van der Waals surface area contributed by atoms with E-state index in [1.807, 2.05) is 49.4 Å². The van der Waals surface area contributed by atoms with E-state index in [9.17, 15) is 8.42 Å². The number of rotatable bonds is 6. The second kappa shape index (κ2) is 6.57. The third-order valence-corrected chi connectivity index (χ3v) is 4.99. The van der Waals surface area contributed by atoms with Crippen molar-refractivity contribution < 1.29 is 8.42 Å². The van der Waals surface area contributed by atoms with Gasteiger partial charge in [-0.15, -0.1) is 0 Å². The summed E-state index contributed by atoms with van der Waals surface area (Å²) < 4.78 is 24.4. The Labute approximate surface area is 120 Å². The molecule has 0 spiro atoms. The molecule has 2 rings (SSSR count). The fraction of sp³-hybridized carbons (Fsp3) is 0.250. The number of hydrogen-bond acceptors (Lipinski definition) is 3. The molecule has 0 heterocycles. The van der Waals surface area contributed by atoms with Crippen LogP contribution in [0.1, 0.15) is 18.9 Å². The smallest absolute Gasteiger partial charge is 0.180 e. The summed E-state index contributed by atoms with van der Waals surface area (Å²) in [6.07, 6.45) is 0.620. The topological polar surface area (TPSA) is 46.2 Å². The zero-order chi connectivity index (χ0) is 14.4. The average Bonchev–Trinajstić information content (AvgIpc) is 2.46. The highest BCUT2D eigenvalue weighted by Crippen LogP contribution is 2.23. The minimum Gasteiger partial charge on any atom is -0.380 e. The molecule has 0 radical (unpaired) electrons. The normalized spacial score (nSPS) is 11.2. The Balaban J connectivity index is 2.21. The molecule has 0 saturated heterocycles. The van der Waals surface area contributed by atoms with Crippen molar-refractivity contribution in [2.75, 3.05) is 11.1 Å². The summed E-state index contributed by atoms with van der Waals surface area (Å²) >= 11 is 0. The van der Waals surface area contributed by atoms with E-state index in [1.54, 1.807) is 12.1 Å². The van der Waals surface area contributed by atoms with E-state index < -0.39 is 9.84 Å². The molecular formula is C16H19NO2S. The van der Waals surface area contributed by atoms with Gasteiger partial charge in [-0.3, -0.25) is 0 Å². The maximum absolute atomic E-state index is 12.2. The fourth-order valence-corrected chi connectivity index (χ4v) is 3.57. The third kappa shape index (κ3) is 3.61. The van der Waals surface area contributed by atoms with Gasteiger partial charge in [0.2, 0.25) is 0 Å². The Morgan fingerprint density at radius 1 is 0.950 bits per heavy atom. The first kappa shape index (κ1) is 14.6. The van der Waals surface area contributed by atoms with Crippen LogP contribution < -0.4 is 5.32 Å². The summed E-state index contributed by atoms with van der Waals surface area (Å²) in [5, 5.41) is 3.21. The molecule has 0 aliphatic carbocycles. The first-order valence-electron chi connectivity index (χ1n) is 6.73. The van der Waals surface area contributed by atoms with Crippen molar-refractivity contribution >= 4 is 15.5 Å². The van der Waals surface area contributed by atoms with Crippen molar-refractivity contribution in [1.29, 1.82) is 0 Å². The molecule has 0 aromatic heterocycles. The summed E-state index contributed by atoms with van der Waals surface area (Å²) in [5.41, 5.74) is 1.79. The summed E-state index contributed by atoms with van der Waals surface area (Å²) in [7, 11) is -3.21. The minimum absolute atomic E-state index is 0.178. The van der Waals surface area contributed by atoms with Gasteiger partial charge in [0.05, 0.1) is 16.3 Å². The fourth-order valence-electron chi connectivity index (χ4n) is 2.06. The highest BCUT2D eigenvalue weighted by Gasteiger charge is 2.16. The van der Waals surface area contributed by atoms with Crippen LogP contribution in [0, 0.1) is 0 Å². The Bertz CT molecular complexity index is 651. The Kier molecular flexibility index (Phi) is 4.79. The molecule has 4 heteroatoms. The molecule has 1 N–H and O–H groups in total. The zero-order valence-electron chi connectivity index (χ0n) is 11.5. The lowest BCUT2D eigenvalue weighted by molar-refractivity contribution is 0.595. The summed E-state index contributed by atoms with van der Waals surface area (Å²) in [5.74, 6) is 0.178. The molecule has 0 fully saturated rings. The molecule has 0 bridgehead atoms. The zero-order valence-corrected chi connectivity index (χ0v) is 12.4. The average molecular weight is 289 g/mol. The van der Waals surface area contributed by atoms with Gasteiger partial charge in [-0.25, -0.2) is 8.42 Å². The van der Waals surface area contributed by atoms with Crippen LogP contribution in [0.2, 0.25) is 0 Å². The summed E-state index contributed by atoms with van der Waals surface area (Å²) in [6.45, 7) is 2.48. The number of hydrogen-bond donors (Lipinski definition) is 1. The minimum atomic E-state index is -3.21. The van der Waals surface area contributed by atoms with Crippen LogP contribution in [-0.2, 0) is 16.4 Å². The van der Waals surface area contributed by atoms with Gasteiger partial charge in [-0.2, -0.15) is 0 Å². The number of nitrogens with one attached hydrogen (secondary N) is 1. The molecular weight excluding hydrogens is 270 g/mol. The Morgan fingerprint density at radius 3 is 2.30 bits per heavy atom. The van der Waals surface area contributed by atoms with Crippen molar-refractivity contribution in [3.05, 3.63) is 60.2 Å². The first-order chi connectivity index (χ1) is 9.63. The first-order valence-corrected chi connectivity index (χ1v) is 8.38. The number of para-hydroxylation sites is 1. The predicted molar refractivity (Wildman–Crippen MR) is 82.6 cm³/mol. The molecule has 0 aliphatic heterocycles. The van der Waals surface area contributed by atoms with E-state index in [4.69, 9.17) is 0 Å². The molecule has 0 amide bonds. The molecule has 0 saturated carbocycles. The van der Waals surface area contributed by atoms with Gasteiger partial charge < -0.3 is 5.32 Å². The van der Waals surface area contributed by atoms with Crippen LogP contribution in [0.25, 0.3) is 0 Å². The van der Waals surface area contributed by atoms with Crippen LogP contribution in [0.3, 0.4) is 0 Å². The van der Waals surface area contributed by atoms with Crippen LogP contribution in [-0.4, -0.2) is 14.2 Å². The van der Waals surface area contributed by atoms with Gasteiger partial charge in [-0.05, 0) is 24.1 Å². The van der Waals surface area contributed by atoms with Crippen molar-refractivity contribution in [2.24, 2.45) is 0 Å². The van der Waals surface area contributed by atoms with Crippen molar-refractivity contribution in [1.82, 2.24) is 0 Å². The van der Waals surface area contributed by atoms with E-state index in [0.29, 0.717) is 23.5 Å². The molecule has 2 aromatic carbocycles. The van der Waals surface area contributed by atoms with E-state index in [1.165, 1.54) is 0 Å². The molecule has 106 valence electrons. The van der Waals surface area contributed by atoms with Gasteiger partial charge >= 0.3 is 0 Å². The van der Waals surface area contributed by atoms with E-state index in [-0.39, 0.29) is 5.75 Å². The van der Waals surface area contributed by atoms with Gasteiger partial charge in [-0.1, -0.05) is 49.4 Å². The van der Waals surface area contributed by atoms with Crippen LogP contribution in [0.5, 0.6) is 0 Å². The second-order valence-corrected chi connectivity index (χ2v) is 6.73. The monoisotopic (exact) mass is 289 g/mol. The van der Waals surface area contributed by atoms with Crippen LogP contribution in [0.4, 0.5) is 5.69 Å². The standard InChI is InChI=1S/C16H19NO2S/c1-2-12-20(18,19)16-11-7-6-10-15(16)17-13-14-8-4-3-5-9-14/h3-11,17H,2,12-13H2,1H3. The van der Waals surface area contributed by atoms with E-state index >= 15 is 0 Å². The van der Waals surface area contributed by atoms with Gasteiger partial charge in [0, 0.05) is 6.54 Å². The van der Waals surface area contributed by atoms with Gasteiger partial charge in [0.1, 0.15) is 0 Å². The molecule has 2 aromatic rings. The lowest BCUT2D eigenvalue weighted by Gasteiger charge is -2.12. The van der Waals surface area contributed by atoms with E-state index in [0.717, 1.165) is 5.56 Å². The number of anilines is 1. The second-order valence-electron chi connectivity index (χ2n) is 4.65. The predicted octanol–water partition coefficient (Wildman–Crippen LogP) is 3.48. The van der Waals surface area contributed by atoms with Crippen molar-refractivity contribution in [2.45, 2.75) is 24.8 Å². The van der Waals surface area contributed by atoms with Crippen molar-refractivity contribution in [3.63, 3.8) is 0 Å². The molecule has 3 nitrogen and oxygen atoms in total. The Hall–Kier alpha value is -1.81. The van der Waals surface area contributed by atoms with Gasteiger partial charge in [0.15, 0.2) is 9.84 Å². The largest absolute Gasteiger partial charge is 0.380 e. The maximum atomic E-state index is 12.2. The number of sulfone groups is 1. The summed E-state index contributed by atoms with van der Waals surface area (Å²) in [4.78, 5) is 0.387.